The molecular weight excluding hydrogens is 404 g/mol. The Kier molecular flexibility index (Phi) is 9.57. The first-order valence-corrected chi connectivity index (χ1v) is 10.1. The molecule has 10 heteroatoms. The molecule has 0 heterocycles. The molecule has 10 nitrogen and oxygen atoms in total. The summed E-state index contributed by atoms with van der Waals surface area (Å²) in [6, 6.07) is 2.78. The summed E-state index contributed by atoms with van der Waals surface area (Å²) in [6.45, 7) is 13.6. The van der Waals surface area contributed by atoms with Crippen LogP contribution in [0.2, 0.25) is 0 Å². The summed E-state index contributed by atoms with van der Waals surface area (Å²) >= 11 is 0. The number of nitrogens with two attached hydrogens (primary N) is 1. The van der Waals surface area contributed by atoms with E-state index in [1.807, 2.05) is 33.1 Å². The summed E-state index contributed by atoms with van der Waals surface area (Å²) < 4.78 is 16.6. The van der Waals surface area contributed by atoms with Crippen LogP contribution in [0, 0.1) is 11.8 Å². The number of nitrogen functional groups attached to an aromatic ring is 1. The third kappa shape index (κ3) is 9.12. The number of hydrogen-bond donors (Lipinski definition) is 4. The lowest BCUT2D eigenvalue weighted by atomic mass is 10.1. The van der Waals surface area contributed by atoms with E-state index in [2.05, 4.69) is 10.9 Å². The predicted molar refractivity (Wildman–Crippen MR) is 116 cm³/mol. The van der Waals surface area contributed by atoms with E-state index in [9.17, 15) is 14.4 Å². The number of rotatable bonds is 8. The maximum atomic E-state index is 12.8. The van der Waals surface area contributed by atoms with E-state index in [1.165, 1.54) is 12.1 Å². The average molecular weight is 439 g/mol. The van der Waals surface area contributed by atoms with Crippen molar-refractivity contribution < 1.29 is 28.6 Å². The van der Waals surface area contributed by atoms with Gasteiger partial charge < -0.3 is 14.2 Å². The second-order valence-electron chi connectivity index (χ2n) is 8.81. The van der Waals surface area contributed by atoms with Crippen LogP contribution in [0.1, 0.15) is 69.2 Å². The van der Waals surface area contributed by atoms with Gasteiger partial charge in [0.2, 0.25) is 0 Å². The van der Waals surface area contributed by atoms with Gasteiger partial charge in [0.15, 0.2) is 0 Å². The molecule has 31 heavy (non-hydrogen) atoms. The van der Waals surface area contributed by atoms with Crippen molar-refractivity contribution in [1.29, 1.82) is 0 Å². The lowest BCUT2D eigenvalue weighted by Gasteiger charge is -2.20. The first kappa shape index (κ1) is 26.0. The van der Waals surface area contributed by atoms with Crippen LogP contribution in [0.4, 0.5) is 4.79 Å². The Bertz CT molecular complexity index is 787. The molecule has 0 aliphatic carbocycles. The number of carbonyl (C=O) groups is 3. The van der Waals surface area contributed by atoms with Crippen LogP contribution in [0.5, 0.6) is 11.5 Å². The molecule has 0 fully saturated rings. The van der Waals surface area contributed by atoms with Gasteiger partial charge in [-0.15, -0.1) is 0 Å². The lowest BCUT2D eigenvalue weighted by Crippen LogP contribution is -2.44. The van der Waals surface area contributed by atoms with Gasteiger partial charge in [0.25, 0.3) is 11.8 Å². The molecule has 0 aliphatic heterocycles. The zero-order valence-corrected chi connectivity index (χ0v) is 19.3. The van der Waals surface area contributed by atoms with Crippen molar-refractivity contribution in [3.8, 4) is 11.5 Å². The molecule has 0 bridgehead atoms. The highest BCUT2D eigenvalue weighted by molar-refractivity contribution is 6.03. The molecule has 3 amide bonds. The molecule has 1 rings (SSSR count). The number of hydrogen-bond acceptors (Lipinski definition) is 7. The summed E-state index contributed by atoms with van der Waals surface area (Å²) in [5.41, 5.74) is 5.81. The third-order valence-electron chi connectivity index (χ3n) is 3.52. The van der Waals surface area contributed by atoms with Gasteiger partial charge in [-0.2, -0.15) is 0 Å². The van der Waals surface area contributed by atoms with Crippen LogP contribution in [-0.2, 0) is 4.74 Å². The van der Waals surface area contributed by atoms with Crippen LogP contribution in [-0.4, -0.2) is 36.7 Å². The standard InChI is InChI=1S/C21H34N4O6/c1-12(2)10-29-16-9-17(30-11-13(3)4)15(8-14(16)18(26)23-22)19(27)24-25-20(28)31-21(5,6)7/h8-9,12-13H,10-11,22H2,1-7H3,(H,23,26)(H,24,27)(H,25,28). The van der Waals surface area contributed by atoms with Crippen molar-refractivity contribution in [3.05, 3.63) is 23.3 Å². The minimum atomic E-state index is -0.831. The van der Waals surface area contributed by atoms with Crippen LogP contribution in [0.3, 0.4) is 0 Å². The Hall–Kier alpha value is -3.01. The SMILES string of the molecule is CC(C)COc1cc(OCC(C)C)c(C(=O)NNC(=O)OC(C)(C)C)cc1C(=O)NN. The van der Waals surface area contributed by atoms with Crippen LogP contribution < -0.4 is 31.6 Å². The van der Waals surface area contributed by atoms with Gasteiger partial charge in [0, 0.05) is 6.07 Å². The Balaban J connectivity index is 3.25. The zero-order valence-electron chi connectivity index (χ0n) is 19.3. The first-order valence-electron chi connectivity index (χ1n) is 10.1. The number of amides is 3. The highest BCUT2D eigenvalue weighted by atomic mass is 16.6. The Morgan fingerprint density at radius 2 is 1.35 bits per heavy atom. The molecule has 0 spiro atoms. The van der Waals surface area contributed by atoms with Gasteiger partial charge in [-0.25, -0.2) is 16.1 Å². The Morgan fingerprint density at radius 1 is 0.871 bits per heavy atom. The van der Waals surface area contributed by atoms with E-state index in [1.54, 1.807) is 20.8 Å². The molecular formula is C21H34N4O6. The van der Waals surface area contributed by atoms with Crippen molar-refractivity contribution in [1.82, 2.24) is 16.3 Å². The molecule has 1 aromatic rings. The monoisotopic (exact) mass is 438 g/mol. The van der Waals surface area contributed by atoms with E-state index in [4.69, 9.17) is 20.1 Å². The molecule has 0 aliphatic rings. The van der Waals surface area contributed by atoms with E-state index in [-0.39, 0.29) is 34.5 Å². The van der Waals surface area contributed by atoms with E-state index in [0.717, 1.165) is 0 Å². The summed E-state index contributed by atoms with van der Waals surface area (Å²) in [5, 5.41) is 0. The van der Waals surface area contributed by atoms with Crippen molar-refractivity contribution >= 4 is 17.9 Å². The maximum absolute atomic E-state index is 12.8. The van der Waals surface area contributed by atoms with Crippen molar-refractivity contribution in [3.63, 3.8) is 0 Å². The fraction of sp³-hybridized carbons (Fsp3) is 0.571. The molecule has 0 unspecified atom stereocenters. The van der Waals surface area contributed by atoms with Crippen molar-refractivity contribution in [2.24, 2.45) is 17.7 Å². The summed E-state index contributed by atoms with van der Waals surface area (Å²) in [4.78, 5) is 36.9. The molecule has 0 radical (unpaired) electrons. The van der Waals surface area contributed by atoms with Crippen LogP contribution in [0.15, 0.2) is 12.1 Å². The van der Waals surface area contributed by atoms with Gasteiger partial charge in [0.05, 0.1) is 24.3 Å². The van der Waals surface area contributed by atoms with Gasteiger partial charge in [-0.1, -0.05) is 27.7 Å². The van der Waals surface area contributed by atoms with Gasteiger partial charge in [0.1, 0.15) is 17.1 Å². The first-order chi connectivity index (χ1) is 14.3. The van der Waals surface area contributed by atoms with Crippen molar-refractivity contribution in [2.75, 3.05) is 13.2 Å². The predicted octanol–water partition coefficient (Wildman–Crippen LogP) is 2.53. The quantitative estimate of drug-likeness (QED) is 0.278. The normalized spacial score (nSPS) is 11.2. The molecule has 0 atom stereocenters. The molecule has 1 aromatic carbocycles. The minimum Gasteiger partial charge on any atom is -0.492 e. The molecule has 174 valence electrons. The van der Waals surface area contributed by atoms with Gasteiger partial charge in [-0.3, -0.25) is 20.4 Å². The second kappa shape index (κ2) is 11.4. The largest absolute Gasteiger partial charge is 0.492 e. The van der Waals surface area contributed by atoms with E-state index >= 15 is 0 Å². The second-order valence-corrected chi connectivity index (χ2v) is 8.81. The fourth-order valence-corrected chi connectivity index (χ4v) is 2.22. The number of ether oxygens (including phenoxy) is 3. The summed E-state index contributed by atoms with van der Waals surface area (Å²) in [7, 11) is 0. The number of carbonyl (C=O) groups excluding carboxylic acids is 3. The molecule has 0 saturated carbocycles. The van der Waals surface area contributed by atoms with Crippen LogP contribution >= 0.6 is 0 Å². The fourth-order valence-electron chi connectivity index (χ4n) is 2.22. The van der Waals surface area contributed by atoms with Crippen molar-refractivity contribution in [2.45, 2.75) is 54.1 Å². The van der Waals surface area contributed by atoms with Gasteiger partial charge >= 0.3 is 6.09 Å². The Morgan fingerprint density at radius 3 is 1.77 bits per heavy atom. The topological polar surface area (TPSA) is 141 Å². The highest BCUT2D eigenvalue weighted by Gasteiger charge is 2.23. The molecule has 5 N–H and O–H groups in total. The Labute approximate surface area is 183 Å². The minimum absolute atomic E-state index is 0.0206. The summed E-state index contributed by atoms with van der Waals surface area (Å²) in [5.74, 6) is 4.76. The van der Waals surface area contributed by atoms with E-state index < -0.39 is 23.5 Å². The number of benzene rings is 1. The maximum Gasteiger partial charge on any atom is 0.426 e. The summed E-state index contributed by atoms with van der Waals surface area (Å²) in [6.07, 6.45) is -0.831. The highest BCUT2D eigenvalue weighted by Crippen LogP contribution is 2.30. The molecule has 0 saturated heterocycles. The number of hydrazine groups is 2. The van der Waals surface area contributed by atoms with E-state index in [0.29, 0.717) is 13.2 Å². The smallest absolute Gasteiger partial charge is 0.426 e. The lowest BCUT2D eigenvalue weighted by molar-refractivity contribution is 0.0482. The van der Waals surface area contributed by atoms with Crippen LogP contribution in [0.25, 0.3) is 0 Å². The average Bonchev–Trinajstić information content (AvgIpc) is 2.66. The third-order valence-corrected chi connectivity index (χ3v) is 3.52. The number of nitrogens with one attached hydrogen (secondary N) is 3. The zero-order chi connectivity index (χ0) is 23.8. The van der Waals surface area contributed by atoms with Gasteiger partial charge in [-0.05, 0) is 38.7 Å². The molecule has 0 aromatic heterocycles.